The normalized spacial score (nSPS) is 11.0. The number of aryl methyl sites for hydroxylation is 7. The smallest absolute Gasteiger partial charge is 0.131 e. The van der Waals surface area contributed by atoms with Crippen molar-refractivity contribution in [1.29, 1.82) is 0 Å². The molecule has 0 bridgehead atoms. The number of benzene rings is 6. The Morgan fingerprint density at radius 1 is 0.427 bits per heavy atom. The number of hydrogen-bond acceptors (Lipinski definition) is 4. The van der Waals surface area contributed by atoms with Gasteiger partial charge >= 0.3 is 218 Å². The van der Waals surface area contributed by atoms with E-state index in [1.807, 2.05) is 102 Å². The van der Waals surface area contributed by atoms with Crippen LogP contribution >= 0.6 is 46.4 Å². The van der Waals surface area contributed by atoms with E-state index in [9.17, 15) is 14.6 Å². The van der Waals surface area contributed by atoms with Gasteiger partial charge in [0.2, 0.25) is 0 Å². The van der Waals surface area contributed by atoms with Crippen molar-refractivity contribution >= 4 is 66.6 Å². The molecule has 8 aromatic rings. The standard InChI is InChI=1S/C24H25FO.C15H24O.2C6H3Cl2N.2C5H10.2C4H4N.2W/c1-13-7-15(3)22(16(4)8-13)20-11-19(25)12-21(24(20)26)23-17(5)9-14(2)10-18(23)6;1-10-8-11(14(2,3)4)13(16)12(9-10)15(5,6)7;2*7-4-2-1-3-5(8)6(4)9;2*1-5(2,3)4;2*1-2-4-5-3-1;;/h7-12,26H,1-6H3;8-9,16H,1-7H3;2*1-3H;2*1H,2-4H3;2*1-4H;;/q;;;;;;2*-1;;. The molecule has 0 spiro atoms. The maximum absolute atomic E-state index is 14.6. The molecular weight excluding hydrogens is 1450 g/mol. The van der Waals surface area contributed by atoms with E-state index in [1.165, 1.54) is 17.7 Å². The van der Waals surface area contributed by atoms with Crippen molar-refractivity contribution in [3.05, 3.63) is 210 Å². The Kier molecular flexibility index (Phi) is 28.4. The van der Waals surface area contributed by atoms with Crippen LogP contribution in [-0.2, 0) is 46.7 Å². The van der Waals surface area contributed by atoms with Crippen LogP contribution in [0.15, 0.2) is 141 Å². The fourth-order valence-corrected chi connectivity index (χ4v) is 14.8. The van der Waals surface area contributed by atoms with E-state index < -0.39 is 35.8 Å². The van der Waals surface area contributed by atoms with E-state index in [2.05, 4.69) is 152 Å². The summed E-state index contributed by atoms with van der Waals surface area (Å²) in [6.07, 6.45) is 7.00. The van der Waals surface area contributed by atoms with Crippen LogP contribution in [0.25, 0.3) is 22.3 Å². The molecule has 6 aromatic carbocycles. The van der Waals surface area contributed by atoms with Crippen LogP contribution in [0.4, 0.5) is 15.8 Å². The maximum Gasteiger partial charge on any atom is 0.131 e. The average Bonchev–Trinajstić information content (AvgIpc) is 4.00. The summed E-state index contributed by atoms with van der Waals surface area (Å²) in [5.74, 6) is 0.258. The summed E-state index contributed by atoms with van der Waals surface area (Å²) >= 11 is 22.4. The van der Waals surface area contributed by atoms with Crippen molar-refractivity contribution in [3.8, 4) is 33.8 Å². The average molecular weight is 1530 g/mol. The van der Waals surface area contributed by atoms with Gasteiger partial charge in [-0.05, 0) is 116 Å². The number of rotatable bonds is 4. The van der Waals surface area contributed by atoms with E-state index >= 15 is 0 Å². The van der Waals surface area contributed by atoms with Crippen LogP contribution in [-0.4, -0.2) is 19.0 Å². The van der Waals surface area contributed by atoms with Crippen molar-refractivity contribution in [2.75, 3.05) is 0 Å². The van der Waals surface area contributed by atoms with Crippen molar-refractivity contribution in [3.63, 3.8) is 0 Å². The molecule has 2 N–H and O–H groups in total. The quantitative estimate of drug-likeness (QED) is 0.184. The second-order valence-corrected chi connectivity index (χ2v) is 30.4. The van der Waals surface area contributed by atoms with Crippen LogP contribution in [0.1, 0.15) is 133 Å². The fourth-order valence-electron chi connectivity index (χ4n) is 8.24. The van der Waals surface area contributed by atoms with Gasteiger partial charge in [-0.15, -0.1) is 0 Å². The first-order valence-corrected chi connectivity index (χ1v) is 34.4. The molecule has 2 aromatic heterocycles. The van der Waals surface area contributed by atoms with E-state index in [4.69, 9.17) is 46.4 Å². The van der Waals surface area contributed by atoms with Gasteiger partial charge in [0.15, 0.2) is 0 Å². The fraction of sp³-hybridized carbons (Fsp3) is 0.333. The topological polar surface area (TPSA) is 93.4 Å². The predicted molar refractivity (Wildman–Crippen MR) is 345 cm³/mol. The summed E-state index contributed by atoms with van der Waals surface area (Å²) in [7, 11) is 0. The monoisotopic (exact) mass is 1530 g/mol. The Bertz CT molecular complexity index is 3140. The SMILES string of the molecule is CC(C)(C)[CH]=[W]=[N]c1c(Cl)cccc1Cl.CC(C)(C)[CH]=[W]=[N]c1c(Cl)cccc1Cl.Cc1cc(C(C)(C)C)c(O)c(C(C)(C)C)c1.Cc1cc(C)c(-c2cc(F)cc(-c3c(C)cc(C)cc3C)c2O)c(C)c1.c1cc[n-]c1.c1cc[n-]c1. The zero-order valence-electron chi connectivity index (χ0n) is 51.2. The number of phenolic OH excluding ortho intramolecular Hbond substituents is 2. The third-order valence-electron chi connectivity index (χ3n) is 11.7. The van der Waals surface area contributed by atoms with Crippen molar-refractivity contribution in [1.82, 2.24) is 9.97 Å². The van der Waals surface area contributed by atoms with E-state index in [1.54, 1.807) is 24.8 Å². The van der Waals surface area contributed by atoms with E-state index in [0.29, 0.717) is 37.0 Å². The molecule has 13 heteroatoms. The third kappa shape index (κ3) is 24.1. The molecule has 0 radical (unpaired) electrons. The van der Waals surface area contributed by atoms with Gasteiger partial charge in [-0.3, -0.25) is 0 Å². The molecular formula is C69H83Cl4FN4O2W2-2. The van der Waals surface area contributed by atoms with Gasteiger partial charge in [-0.25, -0.2) is 4.39 Å². The molecule has 8 rings (SSSR count). The Morgan fingerprint density at radius 3 is 0.951 bits per heavy atom. The third-order valence-corrected chi connectivity index (χ3v) is 20.9. The van der Waals surface area contributed by atoms with Gasteiger partial charge in [-0.2, -0.15) is 24.8 Å². The van der Waals surface area contributed by atoms with Gasteiger partial charge in [0.05, 0.1) is 0 Å². The van der Waals surface area contributed by atoms with Crippen LogP contribution in [0.5, 0.6) is 11.5 Å². The maximum atomic E-state index is 14.6. The number of aromatic hydroxyl groups is 2. The molecule has 0 saturated carbocycles. The van der Waals surface area contributed by atoms with E-state index in [0.717, 1.165) is 67.0 Å². The van der Waals surface area contributed by atoms with Crippen LogP contribution < -0.4 is 9.97 Å². The second kappa shape index (κ2) is 32.5. The van der Waals surface area contributed by atoms with Crippen molar-refractivity contribution in [2.24, 2.45) is 17.8 Å². The molecule has 0 aliphatic heterocycles. The number of halogens is 5. The van der Waals surface area contributed by atoms with Gasteiger partial charge in [0.1, 0.15) is 17.3 Å². The molecule has 0 aliphatic carbocycles. The van der Waals surface area contributed by atoms with Gasteiger partial charge in [0, 0.05) is 11.1 Å². The first-order valence-electron chi connectivity index (χ1n) is 26.9. The summed E-state index contributed by atoms with van der Waals surface area (Å²) in [5.41, 5.74) is 14.6. The Labute approximate surface area is 526 Å². The van der Waals surface area contributed by atoms with Crippen LogP contribution in [0.2, 0.25) is 20.1 Å². The number of hydrogen-bond donors (Lipinski definition) is 2. The molecule has 0 unspecified atom stereocenters. The largest absolute Gasteiger partial charge is 0.670 e. The molecule has 6 nitrogen and oxygen atoms in total. The summed E-state index contributed by atoms with van der Waals surface area (Å²) in [4.78, 5) is 7.44. The second-order valence-electron chi connectivity index (χ2n) is 24.3. The zero-order chi connectivity index (χ0) is 61.9. The molecule has 0 aliphatic rings. The predicted octanol–water partition coefficient (Wildman–Crippen LogP) is 21.8. The summed E-state index contributed by atoms with van der Waals surface area (Å²) in [6.45, 7) is 40.0. The number of nitrogens with zero attached hydrogens (tertiary/aromatic N) is 4. The van der Waals surface area contributed by atoms with Gasteiger partial charge < -0.3 is 20.2 Å². The van der Waals surface area contributed by atoms with Crippen molar-refractivity contribution < 1.29 is 50.4 Å². The molecule has 440 valence electrons. The molecule has 2 heterocycles. The minimum Gasteiger partial charge on any atom is -0.670 e. The summed E-state index contributed by atoms with van der Waals surface area (Å²) in [5, 5.41) is 24.0. The number of aromatic nitrogens is 2. The van der Waals surface area contributed by atoms with Crippen LogP contribution in [0.3, 0.4) is 0 Å². The number of phenols is 2. The Hall–Kier alpha value is -4.71. The zero-order valence-corrected chi connectivity index (χ0v) is 60.1. The molecule has 82 heavy (non-hydrogen) atoms. The first kappa shape index (κ1) is 71.5. The molecule has 0 amide bonds. The molecule has 0 saturated heterocycles. The first-order chi connectivity index (χ1) is 38.0. The minimum atomic E-state index is -0.850. The summed E-state index contributed by atoms with van der Waals surface area (Å²) < 4.78 is 28.2. The van der Waals surface area contributed by atoms with Gasteiger partial charge in [-0.1, -0.05) is 119 Å². The minimum absolute atomic E-state index is 0.0178. The molecule has 0 fully saturated rings. The van der Waals surface area contributed by atoms with E-state index in [-0.39, 0.29) is 33.2 Å². The summed E-state index contributed by atoms with van der Waals surface area (Å²) in [6, 6.07) is 33.8. The van der Waals surface area contributed by atoms with Gasteiger partial charge in [0.25, 0.3) is 0 Å². The Balaban J connectivity index is 0.000000277. The van der Waals surface area contributed by atoms with Crippen molar-refractivity contribution in [2.45, 2.75) is 142 Å². The molecule has 0 atom stereocenters. The Morgan fingerprint density at radius 2 is 0.707 bits per heavy atom. The van der Waals surface area contributed by atoms with Crippen LogP contribution in [0, 0.1) is 65.1 Å².